The molecular weight excluding hydrogens is 450 g/mol. The second-order valence-corrected chi connectivity index (χ2v) is 10.3. The number of aryl methyl sites for hydroxylation is 2. The number of carbonyl (C=O) groups excluding carboxylic acids is 1. The molecule has 0 radical (unpaired) electrons. The average Bonchev–Trinajstić information content (AvgIpc) is 2.84. The highest BCUT2D eigenvalue weighted by Crippen LogP contribution is 2.40. The summed E-state index contributed by atoms with van der Waals surface area (Å²) in [5, 5.41) is 5.80. The molecule has 1 fully saturated rings. The number of hydrogen-bond acceptors (Lipinski definition) is 5. The van der Waals surface area contributed by atoms with Crippen LogP contribution in [0, 0.1) is 13.8 Å². The van der Waals surface area contributed by atoms with Crippen LogP contribution in [-0.4, -0.2) is 49.9 Å². The van der Waals surface area contributed by atoms with E-state index in [1.165, 1.54) is 0 Å². The first-order valence-electron chi connectivity index (χ1n) is 11.2. The van der Waals surface area contributed by atoms with Gasteiger partial charge >= 0.3 is 6.03 Å². The first-order valence-corrected chi connectivity index (χ1v) is 12.6. The number of nitrogens with one attached hydrogen (secondary N) is 2. The molecule has 1 aliphatic heterocycles. The fraction of sp³-hybridized carbons (Fsp3) is 0.280. The Hall–Kier alpha value is -3.27. The number of aromatic nitrogens is 1. The van der Waals surface area contributed by atoms with E-state index in [4.69, 9.17) is 5.73 Å². The van der Waals surface area contributed by atoms with Crippen LogP contribution in [0.2, 0.25) is 0 Å². The van der Waals surface area contributed by atoms with Crippen LogP contribution in [0.4, 0.5) is 4.79 Å². The van der Waals surface area contributed by atoms with Gasteiger partial charge in [0.25, 0.3) is 0 Å². The maximum Gasteiger partial charge on any atom is 0.312 e. The summed E-state index contributed by atoms with van der Waals surface area (Å²) in [6.45, 7) is 6.11. The van der Waals surface area contributed by atoms with E-state index in [2.05, 4.69) is 15.6 Å². The van der Waals surface area contributed by atoms with E-state index in [-0.39, 0.29) is 11.4 Å². The maximum absolute atomic E-state index is 14.1. The smallest absolute Gasteiger partial charge is 0.312 e. The van der Waals surface area contributed by atoms with Gasteiger partial charge in [0.05, 0.1) is 4.90 Å². The number of nitrogens with zero attached hydrogens (tertiary/aromatic N) is 2. The maximum atomic E-state index is 14.1. The van der Waals surface area contributed by atoms with Gasteiger partial charge in [0.2, 0.25) is 10.0 Å². The summed E-state index contributed by atoms with van der Waals surface area (Å²) < 4.78 is 29.8. The van der Waals surface area contributed by atoms with Gasteiger partial charge in [-0.05, 0) is 42.2 Å². The van der Waals surface area contributed by atoms with Crippen molar-refractivity contribution >= 4 is 16.1 Å². The third-order valence-electron chi connectivity index (χ3n) is 6.02. The van der Waals surface area contributed by atoms with Gasteiger partial charge in [-0.3, -0.25) is 4.98 Å². The number of rotatable bonds is 6. The van der Waals surface area contributed by atoms with E-state index in [9.17, 15) is 13.2 Å². The van der Waals surface area contributed by atoms with Crippen LogP contribution in [0.5, 0.6) is 0 Å². The molecule has 1 saturated heterocycles. The van der Waals surface area contributed by atoms with Crippen molar-refractivity contribution in [3.05, 3.63) is 71.5 Å². The van der Waals surface area contributed by atoms with Gasteiger partial charge in [-0.15, -0.1) is 0 Å². The zero-order valence-electron chi connectivity index (χ0n) is 19.3. The number of nitrogens with two attached hydrogens (primary N) is 1. The Morgan fingerprint density at radius 2 is 1.76 bits per heavy atom. The average molecular weight is 480 g/mol. The number of hydrogen-bond donors (Lipinski definition) is 3. The highest BCUT2D eigenvalue weighted by atomic mass is 32.2. The fourth-order valence-electron chi connectivity index (χ4n) is 4.29. The summed E-state index contributed by atoms with van der Waals surface area (Å²) in [4.78, 5) is 15.8. The van der Waals surface area contributed by atoms with Crippen molar-refractivity contribution in [2.75, 3.05) is 26.2 Å². The lowest BCUT2D eigenvalue weighted by atomic mass is 9.94. The topological polar surface area (TPSA) is 117 Å². The summed E-state index contributed by atoms with van der Waals surface area (Å²) in [6.07, 6.45) is 3.24. The Kier molecular flexibility index (Phi) is 6.97. The van der Waals surface area contributed by atoms with Gasteiger partial charge in [0, 0.05) is 56.2 Å². The molecule has 4 rings (SSSR count). The predicted molar refractivity (Wildman–Crippen MR) is 133 cm³/mol. The summed E-state index contributed by atoms with van der Waals surface area (Å²) in [7, 11) is -3.84. The largest absolute Gasteiger partial charge is 0.352 e. The molecule has 0 aliphatic carbocycles. The molecule has 3 aromatic rings. The standard InChI is InChI=1S/C25H29N5O3S/c1-17-6-7-18(2)23(14-17)22-5-3-4-21(20-8-9-28-15-19(20)16-29-25(26)31)24(22)34(32,33)30-12-10-27-11-13-30/h3-9,14-15,27H,10-13,16H2,1-2H3,(H3,26,29,31). The van der Waals surface area contributed by atoms with Crippen molar-refractivity contribution in [2.45, 2.75) is 25.3 Å². The first kappa shape index (κ1) is 23.9. The Balaban J connectivity index is 1.99. The van der Waals surface area contributed by atoms with E-state index < -0.39 is 16.1 Å². The van der Waals surface area contributed by atoms with Gasteiger partial charge in [0.1, 0.15) is 0 Å². The number of benzene rings is 2. The Bertz CT molecular complexity index is 1320. The molecule has 2 amide bonds. The Morgan fingerprint density at radius 3 is 2.47 bits per heavy atom. The molecule has 0 spiro atoms. The summed E-state index contributed by atoms with van der Waals surface area (Å²) >= 11 is 0. The van der Waals surface area contributed by atoms with Gasteiger partial charge < -0.3 is 16.4 Å². The van der Waals surface area contributed by atoms with E-state index in [1.807, 2.05) is 50.2 Å². The molecular formula is C25H29N5O3S. The molecule has 4 N–H and O–H groups in total. The number of carbonyl (C=O) groups is 1. The highest BCUT2D eigenvalue weighted by molar-refractivity contribution is 7.89. The van der Waals surface area contributed by atoms with Crippen LogP contribution in [0.1, 0.15) is 16.7 Å². The van der Waals surface area contributed by atoms with Gasteiger partial charge in [-0.25, -0.2) is 13.2 Å². The molecule has 1 aromatic heterocycles. The monoisotopic (exact) mass is 479 g/mol. The summed E-state index contributed by atoms with van der Waals surface area (Å²) in [6, 6.07) is 12.7. The summed E-state index contributed by atoms with van der Waals surface area (Å²) in [5.74, 6) is 0. The number of amides is 2. The molecule has 34 heavy (non-hydrogen) atoms. The quantitative estimate of drug-likeness (QED) is 0.503. The van der Waals surface area contributed by atoms with E-state index in [1.54, 1.807) is 22.8 Å². The van der Waals surface area contributed by atoms with Crippen molar-refractivity contribution in [1.82, 2.24) is 19.9 Å². The lowest BCUT2D eigenvalue weighted by Gasteiger charge is -2.29. The lowest BCUT2D eigenvalue weighted by Crippen LogP contribution is -2.46. The summed E-state index contributed by atoms with van der Waals surface area (Å²) in [5.41, 5.74) is 10.8. The number of sulfonamides is 1. The minimum Gasteiger partial charge on any atom is -0.352 e. The second kappa shape index (κ2) is 9.92. The lowest BCUT2D eigenvalue weighted by molar-refractivity contribution is 0.248. The Labute approximate surface area is 200 Å². The highest BCUT2D eigenvalue weighted by Gasteiger charge is 2.32. The van der Waals surface area contributed by atoms with Gasteiger partial charge in [0.15, 0.2) is 0 Å². The molecule has 0 atom stereocenters. The third-order valence-corrected chi connectivity index (χ3v) is 8.02. The molecule has 0 saturated carbocycles. The minimum absolute atomic E-state index is 0.138. The fourth-order valence-corrected chi connectivity index (χ4v) is 6.13. The molecule has 0 bridgehead atoms. The van der Waals surface area contributed by atoms with Crippen molar-refractivity contribution in [3.63, 3.8) is 0 Å². The van der Waals surface area contributed by atoms with E-state index in [0.717, 1.165) is 16.7 Å². The molecule has 178 valence electrons. The van der Waals surface area contributed by atoms with Crippen LogP contribution < -0.4 is 16.4 Å². The number of primary amides is 1. The number of urea groups is 1. The first-order chi connectivity index (χ1) is 16.3. The van der Waals surface area contributed by atoms with Crippen LogP contribution in [0.3, 0.4) is 0 Å². The second-order valence-electron chi connectivity index (χ2n) is 8.41. The number of pyridine rings is 1. The predicted octanol–water partition coefficient (Wildman–Crippen LogP) is 2.79. The van der Waals surface area contributed by atoms with Crippen molar-refractivity contribution in [2.24, 2.45) is 5.73 Å². The normalized spacial score (nSPS) is 14.6. The van der Waals surface area contributed by atoms with Crippen molar-refractivity contribution < 1.29 is 13.2 Å². The Morgan fingerprint density at radius 1 is 1.06 bits per heavy atom. The minimum atomic E-state index is -3.84. The number of piperazine rings is 1. The SMILES string of the molecule is Cc1ccc(C)c(-c2cccc(-c3ccncc3CNC(N)=O)c2S(=O)(=O)N2CCNCC2)c1. The molecule has 2 aromatic carbocycles. The zero-order chi connectivity index (χ0) is 24.3. The molecule has 9 heteroatoms. The van der Waals surface area contributed by atoms with Crippen molar-refractivity contribution in [3.8, 4) is 22.3 Å². The van der Waals surface area contributed by atoms with Crippen LogP contribution in [0.15, 0.2) is 59.8 Å². The third kappa shape index (κ3) is 4.82. The van der Waals surface area contributed by atoms with E-state index in [0.29, 0.717) is 48.4 Å². The molecule has 1 aliphatic rings. The van der Waals surface area contributed by atoms with Crippen LogP contribution in [-0.2, 0) is 16.6 Å². The van der Waals surface area contributed by atoms with Gasteiger partial charge in [-0.2, -0.15) is 4.31 Å². The molecule has 8 nitrogen and oxygen atoms in total. The van der Waals surface area contributed by atoms with Gasteiger partial charge in [-0.1, -0.05) is 42.0 Å². The molecule has 2 heterocycles. The molecule has 0 unspecified atom stereocenters. The van der Waals surface area contributed by atoms with Crippen molar-refractivity contribution in [1.29, 1.82) is 0 Å². The van der Waals surface area contributed by atoms with Crippen LogP contribution in [0.25, 0.3) is 22.3 Å². The van der Waals surface area contributed by atoms with Crippen LogP contribution >= 0.6 is 0 Å². The van der Waals surface area contributed by atoms with E-state index >= 15 is 0 Å². The zero-order valence-corrected chi connectivity index (χ0v) is 20.2.